The molecule has 88 valence electrons. The van der Waals surface area contributed by atoms with Crippen molar-refractivity contribution in [2.45, 2.75) is 12.5 Å². The first-order valence-corrected chi connectivity index (χ1v) is 6.16. The minimum Gasteiger partial charge on any atom is -0.370 e. The van der Waals surface area contributed by atoms with E-state index in [1.54, 1.807) is 28.3 Å². The van der Waals surface area contributed by atoms with Gasteiger partial charge in [-0.15, -0.1) is 11.3 Å². The van der Waals surface area contributed by atoms with Crippen molar-refractivity contribution in [3.63, 3.8) is 0 Å². The molecule has 1 unspecified atom stereocenters. The molecule has 3 heterocycles. The largest absolute Gasteiger partial charge is 0.370 e. The summed E-state index contributed by atoms with van der Waals surface area (Å²) in [5.74, 6) is 0.317. The van der Waals surface area contributed by atoms with Crippen molar-refractivity contribution in [1.29, 1.82) is 0 Å². The monoisotopic (exact) mass is 249 g/mol. The molecule has 0 aromatic carbocycles. The van der Waals surface area contributed by atoms with Gasteiger partial charge in [-0.1, -0.05) is 0 Å². The molecular weight excluding hydrogens is 238 g/mol. The number of anilines is 1. The standard InChI is InChI=1S/C10H11N5OS/c11-9(16)6-5-8-12-2-1-7(15(8)14-6)10-13-3-4-17-10/h3-5,7,12H,1-2H2,(H2,11,16). The van der Waals surface area contributed by atoms with Gasteiger partial charge in [0.15, 0.2) is 5.69 Å². The second-order valence-electron chi connectivity index (χ2n) is 3.83. The summed E-state index contributed by atoms with van der Waals surface area (Å²) >= 11 is 1.59. The Hall–Kier alpha value is -1.89. The lowest BCUT2D eigenvalue weighted by Gasteiger charge is -2.23. The molecule has 0 bridgehead atoms. The Morgan fingerprint density at radius 2 is 2.53 bits per heavy atom. The van der Waals surface area contributed by atoms with E-state index in [0.717, 1.165) is 23.8 Å². The van der Waals surface area contributed by atoms with Crippen LogP contribution >= 0.6 is 11.3 Å². The maximum Gasteiger partial charge on any atom is 0.269 e. The van der Waals surface area contributed by atoms with Crippen molar-refractivity contribution >= 4 is 23.1 Å². The van der Waals surface area contributed by atoms with E-state index in [1.807, 2.05) is 5.38 Å². The summed E-state index contributed by atoms with van der Waals surface area (Å²) in [6.45, 7) is 0.841. The lowest BCUT2D eigenvalue weighted by molar-refractivity contribution is 0.0994. The highest BCUT2D eigenvalue weighted by Crippen LogP contribution is 2.30. The van der Waals surface area contributed by atoms with Crippen LogP contribution in [0.2, 0.25) is 0 Å². The Kier molecular flexibility index (Phi) is 2.32. The van der Waals surface area contributed by atoms with Gasteiger partial charge in [0.1, 0.15) is 16.9 Å². The van der Waals surface area contributed by atoms with Gasteiger partial charge in [0.2, 0.25) is 0 Å². The number of fused-ring (bicyclic) bond motifs is 1. The SMILES string of the molecule is NC(=O)c1cc2n(n1)C(c1nccs1)CCN2. The first-order chi connectivity index (χ1) is 8.25. The lowest BCUT2D eigenvalue weighted by Crippen LogP contribution is -2.24. The molecule has 1 amide bonds. The molecule has 1 atom stereocenters. The van der Waals surface area contributed by atoms with E-state index in [2.05, 4.69) is 15.4 Å². The molecule has 0 radical (unpaired) electrons. The van der Waals surface area contributed by atoms with Gasteiger partial charge in [-0.2, -0.15) is 5.10 Å². The highest BCUT2D eigenvalue weighted by atomic mass is 32.1. The Morgan fingerprint density at radius 3 is 3.24 bits per heavy atom. The summed E-state index contributed by atoms with van der Waals surface area (Å²) in [5, 5.41) is 10.4. The highest BCUT2D eigenvalue weighted by molar-refractivity contribution is 7.09. The molecule has 3 N–H and O–H groups in total. The minimum atomic E-state index is -0.508. The van der Waals surface area contributed by atoms with Crippen LogP contribution in [0, 0.1) is 0 Å². The van der Waals surface area contributed by atoms with Crippen LogP contribution in [0.5, 0.6) is 0 Å². The predicted molar refractivity (Wildman–Crippen MR) is 64.1 cm³/mol. The van der Waals surface area contributed by atoms with E-state index in [-0.39, 0.29) is 11.7 Å². The maximum absolute atomic E-state index is 11.1. The van der Waals surface area contributed by atoms with Crippen molar-refractivity contribution in [2.75, 3.05) is 11.9 Å². The average molecular weight is 249 g/mol. The molecule has 0 saturated carbocycles. The quantitative estimate of drug-likeness (QED) is 0.826. The Morgan fingerprint density at radius 1 is 1.65 bits per heavy atom. The second kappa shape index (κ2) is 3.85. The number of primary amides is 1. The molecule has 2 aromatic rings. The van der Waals surface area contributed by atoms with Gasteiger partial charge in [0.25, 0.3) is 5.91 Å². The Labute approximate surface area is 101 Å². The predicted octanol–water partition coefficient (Wildman–Crippen LogP) is 0.843. The van der Waals surface area contributed by atoms with Crippen molar-refractivity contribution in [3.8, 4) is 0 Å². The van der Waals surface area contributed by atoms with Gasteiger partial charge in [-0.3, -0.25) is 4.79 Å². The molecule has 0 aliphatic carbocycles. The summed E-state index contributed by atoms with van der Waals surface area (Å²) in [6.07, 6.45) is 2.68. The van der Waals surface area contributed by atoms with Gasteiger partial charge in [-0.05, 0) is 6.42 Å². The van der Waals surface area contributed by atoms with Crippen LogP contribution in [0.3, 0.4) is 0 Å². The lowest BCUT2D eigenvalue weighted by atomic mass is 10.2. The number of thiazole rings is 1. The summed E-state index contributed by atoms with van der Waals surface area (Å²) in [6, 6.07) is 1.78. The molecule has 3 rings (SSSR count). The maximum atomic E-state index is 11.1. The third kappa shape index (κ3) is 1.68. The number of nitrogens with zero attached hydrogens (tertiary/aromatic N) is 3. The topological polar surface area (TPSA) is 85.8 Å². The molecule has 2 aromatic heterocycles. The number of hydrogen-bond donors (Lipinski definition) is 2. The fraction of sp³-hybridized carbons (Fsp3) is 0.300. The van der Waals surface area contributed by atoms with Crippen LogP contribution in [0.15, 0.2) is 17.6 Å². The fourth-order valence-corrected chi connectivity index (χ4v) is 2.73. The first-order valence-electron chi connectivity index (χ1n) is 5.28. The number of hydrogen-bond acceptors (Lipinski definition) is 5. The molecule has 0 saturated heterocycles. The van der Waals surface area contributed by atoms with Gasteiger partial charge in [0.05, 0.1) is 0 Å². The van der Waals surface area contributed by atoms with Gasteiger partial charge >= 0.3 is 0 Å². The number of nitrogens with one attached hydrogen (secondary N) is 1. The second-order valence-corrected chi connectivity index (χ2v) is 4.75. The molecule has 7 heteroatoms. The normalized spacial score (nSPS) is 18.5. The summed E-state index contributed by atoms with van der Waals surface area (Å²) < 4.78 is 1.79. The molecule has 0 spiro atoms. The summed E-state index contributed by atoms with van der Waals surface area (Å²) in [4.78, 5) is 15.4. The van der Waals surface area contributed by atoms with Gasteiger partial charge in [0, 0.05) is 24.2 Å². The zero-order chi connectivity index (χ0) is 11.8. The number of nitrogens with two attached hydrogens (primary N) is 1. The number of rotatable bonds is 2. The van der Waals surface area contributed by atoms with E-state index < -0.39 is 5.91 Å². The summed E-state index contributed by atoms with van der Waals surface area (Å²) in [5.41, 5.74) is 5.52. The molecular formula is C10H11N5OS. The molecule has 1 aliphatic rings. The van der Waals surface area contributed by atoms with E-state index in [9.17, 15) is 4.79 Å². The molecule has 17 heavy (non-hydrogen) atoms. The molecule has 6 nitrogen and oxygen atoms in total. The summed E-state index contributed by atoms with van der Waals surface area (Å²) in [7, 11) is 0. The van der Waals surface area contributed by atoms with Crippen LogP contribution < -0.4 is 11.1 Å². The van der Waals surface area contributed by atoms with E-state index in [0.29, 0.717) is 0 Å². The van der Waals surface area contributed by atoms with Crippen LogP contribution in [0.25, 0.3) is 0 Å². The molecule has 0 fully saturated rings. The first kappa shape index (κ1) is 10.3. The van der Waals surface area contributed by atoms with Crippen LogP contribution in [0.4, 0.5) is 5.82 Å². The highest BCUT2D eigenvalue weighted by Gasteiger charge is 2.25. The van der Waals surface area contributed by atoms with Gasteiger partial charge < -0.3 is 11.1 Å². The fourth-order valence-electron chi connectivity index (χ4n) is 1.97. The Bertz CT molecular complexity index is 547. The van der Waals surface area contributed by atoms with Crippen LogP contribution in [-0.4, -0.2) is 27.2 Å². The smallest absolute Gasteiger partial charge is 0.269 e. The minimum absolute atomic E-state index is 0.0966. The van der Waals surface area contributed by atoms with Gasteiger partial charge in [-0.25, -0.2) is 9.67 Å². The van der Waals surface area contributed by atoms with E-state index in [4.69, 9.17) is 5.73 Å². The van der Waals surface area contributed by atoms with Crippen molar-refractivity contribution in [1.82, 2.24) is 14.8 Å². The molecule has 1 aliphatic heterocycles. The van der Waals surface area contributed by atoms with Crippen molar-refractivity contribution in [3.05, 3.63) is 28.3 Å². The van der Waals surface area contributed by atoms with Crippen molar-refractivity contribution < 1.29 is 4.79 Å². The van der Waals surface area contributed by atoms with E-state index in [1.165, 1.54) is 0 Å². The number of amides is 1. The number of carbonyl (C=O) groups excluding carboxylic acids is 1. The van der Waals surface area contributed by atoms with Crippen LogP contribution in [-0.2, 0) is 0 Å². The third-order valence-corrected chi connectivity index (χ3v) is 3.62. The third-order valence-electron chi connectivity index (χ3n) is 2.74. The number of carbonyl (C=O) groups is 1. The van der Waals surface area contributed by atoms with E-state index >= 15 is 0 Å². The van der Waals surface area contributed by atoms with Crippen LogP contribution in [0.1, 0.15) is 28.0 Å². The average Bonchev–Trinajstić information content (AvgIpc) is 2.97. The number of aromatic nitrogens is 3. The van der Waals surface area contributed by atoms with Crippen molar-refractivity contribution in [2.24, 2.45) is 5.73 Å². The zero-order valence-electron chi connectivity index (χ0n) is 8.96. The Balaban J connectivity index is 2.04. The zero-order valence-corrected chi connectivity index (χ0v) is 9.78.